The van der Waals surface area contributed by atoms with Crippen molar-refractivity contribution in [3.05, 3.63) is 0 Å². The Bertz CT molecular complexity index is 839. The largest absolute Gasteiger partial charge is 0.352 e. The van der Waals surface area contributed by atoms with Crippen LogP contribution in [0, 0.1) is 0 Å². The molecule has 0 aromatic heterocycles. The molecule has 5 amide bonds. The Morgan fingerprint density at radius 3 is 1.90 bits per heavy atom. The van der Waals surface area contributed by atoms with Gasteiger partial charge in [0.25, 0.3) is 0 Å². The normalized spacial score (nSPS) is 17.0. The Balaban J connectivity index is 2.88. The van der Waals surface area contributed by atoms with Gasteiger partial charge in [-0.2, -0.15) is 11.8 Å². The summed E-state index contributed by atoms with van der Waals surface area (Å²) in [6, 6.07) is -3.34. The predicted molar refractivity (Wildman–Crippen MR) is 168 cm³/mol. The highest BCUT2D eigenvalue weighted by atomic mass is 32.2. The van der Waals surface area contributed by atoms with E-state index in [1.807, 2.05) is 6.92 Å². The van der Waals surface area contributed by atoms with Crippen LogP contribution in [0.1, 0.15) is 97.8 Å². The van der Waals surface area contributed by atoms with Gasteiger partial charge in [-0.3, -0.25) is 24.0 Å². The number of carbonyl (C=O) groups is 5. The molecule has 9 N–H and O–H groups in total. The quantitative estimate of drug-likeness (QED) is 0.104. The zero-order chi connectivity index (χ0) is 31.3. The minimum atomic E-state index is -0.962. The molecule has 0 spiro atoms. The standard InChI is InChI=1S/C29H55N7O5S/c1-4-42-19-16-24(28(40)34-22-12-8-6-5-7-9-13-22)36-29(41)23(14-10-11-17-30)35-27(39)21(3)33-26(38)20(2)32-25(37)15-18-31/h20-24H,4-19,30-31H2,1-3H3,(H,32,37)(H,33,38)(H,34,40)(H,35,39)(H,36,41)/t20-,21-,23-,24?/m0/s1. The fourth-order valence-corrected chi connectivity index (χ4v) is 5.45. The smallest absolute Gasteiger partial charge is 0.243 e. The Labute approximate surface area is 255 Å². The second-order valence-electron chi connectivity index (χ2n) is 11.0. The highest BCUT2D eigenvalue weighted by Crippen LogP contribution is 2.17. The van der Waals surface area contributed by atoms with Gasteiger partial charge in [0.2, 0.25) is 29.5 Å². The molecule has 1 saturated carbocycles. The number of rotatable bonds is 19. The number of unbranched alkanes of at least 4 members (excludes halogenated alkanes) is 1. The molecule has 0 aliphatic heterocycles. The molecule has 4 atom stereocenters. The van der Waals surface area contributed by atoms with Crippen LogP contribution in [0.15, 0.2) is 0 Å². The van der Waals surface area contributed by atoms with E-state index in [1.165, 1.54) is 33.1 Å². The molecule has 0 aromatic carbocycles. The minimum Gasteiger partial charge on any atom is -0.352 e. The lowest BCUT2D eigenvalue weighted by molar-refractivity contribution is -0.134. The molecule has 0 aromatic rings. The zero-order valence-corrected chi connectivity index (χ0v) is 26.6. The van der Waals surface area contributed by atoms with E-state index in [0.717, 1.165) is 31.4 Å². The molecule has 1 rings (SSSR count). The second-order valence-corrected chi connectivity index (χ2v) is 12.4. The highest BCUT2D eigenvalue weighted by Gasteiger charge is 2.29. The summed E-state index contributed by atoms with van der Waals surface area (Å²) in [5.74, 6) is -0.460. The lowest BCUT2D eigenvalue weighted by atomic mass is 9.96. The van der Waals surface area contributed by atoms with E-state index in [4.69, 9.17) is 11.5 Å². The van der Waals surface area contributed by atoms with Gasteiger partial charge in [0.15, 0.2) is 0 Å². The van der Waals surface area contributed by atoms with E-state index in [2.05, 4.69) is 26.6 Å². The summed E-state index contributed by atoms with van der Waals surface area (Å²) >= 11 is 1.70. The van der Waals surface area contributed by atoms with E-state index in [0.29, 0.717) is 38.0 Å². The summed E-state index contributed by atoms with van der Waals surface area (Å²) in [6.45, 7) is 5.67. The number of hydrogen-bond donors (Lipinski definition) is 7. The van der Waals surface area contributed by atoms with E-state index in [-0.39, 0.29) is 30.8 Å². The van der Waals surface area contributed by atoms with Crippen molar-refractivity contribution in [3.63, 3.8) is 0 Å². The van der Waals surface area contributed by atoms with Crippen LogP contribution >= 0.6 is 11.8 Å². The number of nitrogens with one attached hydrogen (secondary N) is 5. The van der Waals surface area contributed by atoms with E-state index >= 15 is 0 Å². The van der Waals surface area contributed by atoms with Gasteiger partial charge in [-0.1, -0.05) is 39.0 Å². The van der Waals surface area contributed by atoms with Gasteiger partial charge < -0.3 is 38.1 Å². The first-order valence-corrected chi connectivity index (χ1v) is 16.8. The molecule has 1 fully saturated rings. The SMILES string of the molecule is CCSCCC(NC(=O)[C@H](CCCCN)NC(=O)[C@H](C)NC(=O)[C@H](C)NC(=O)CCN)C(=O)NC1CCCCCCC1. The maximum Gasteiger partial charge on any atom is 0.243 e. The van der Waals surface area contributed by atoms with Crippen molar-refractivity contribution in [3.8, 4) is 0 Å². The topological polar surface area (TPSA) is 198 Å². The summed E-state index contributed by atoms with van der Waals surface area (Å²) in [4.78, 5) is 64.1. The Kier molecular flexibility index (Phi) is 19.9. The van der Waals surface area contributed by atoms with E-state index in [1.54, 1.807) is 11.8 Å². The average Bonchev–Trinajstić information content (AvgIpc) is 2.93. The first-order valence-electron chi connectivity index (χ1n) is 15.6. The molecule has 1 aliphatic carbocycles. The van der Waals surface area contributed by atoms with Gasteiger partial charge in [0, 0.05) is 19.0 Å². The Morgan fingerprint density at radius 1 is 0.714 bits per heavy atom. The third-order valence-electron chi connectivity index (χ3n) is 7.31. The third-order valence-corrected chi connectivity index (χ3v) is 8.25. The maximum atomic E-state index is 13.5. The molecule has 42 heavy (non-hydrogen) atoms. The van der Waals surface area contributed by atoms with Crippen molar-refractivity contribution in [1.29, 1.82) is 0 Å². The number of thioether (sulfide) groups is 1. The summed E-state index contributed by atoms with van der Waals surface area (Å²) in [5.41, 5.74) is 11.0. The molecule has 242 valence electrons. The van der Waals surface area contributed by atoms with Crippen molar-refractivity contribution in [2.45, 2.75) is 128 Å². The molecule has 1 aliphatic rings. The number of hydrogen-bond acceptors (Lipinski definition) is 8. The maximum absolute atomic E-state index is 13.5. The van der Waals surface area contributed by atoms with E-state index in [9.17, 15) is 24.0 Å². The fraction of sp³-hybridized carbons (Fsp3) is 0.828. The van der Waals surface area contributed by atoms with Gasteiger partial charge in [0.05, 0.1) is 0 Å². The van der Waals surface area contributed by atoms with Crippen LogP contribution in [-0.4, -0.2) is 84.3 Å². The Morgan fingerprint density at radius 2 is 1.29 bits per heavy atom. The van der Waals surface area contributed by atoms with Gasteiger partial charge in [0.1, 0.15) is 24.2 Å². The highest BCUT2D eigenvalue weighted by molar-refractivity contribution is 7.99. The van der Waals surface area contributed by atoms with Crippen LogP contribution in [0.4, 0.5) is 0 Å². The van der Waals surface area contributed by atoms with Crippen LogP contribution in [0.5, 0.6) is 0 Å². The molecule has 0 bridgehead atoms. The molecular weight excluding hydrogens is 558 g/mol. The number of carbonyl (C=O) groups excluding carboxylic acids is 5. The monoisotopic (exact) mass is 613 g/mol. The molecule has 0 radical (unpaired) electrons. The van der Waals surface area contributed by atoms with Gasteiger partial charge >= 0.3 is 0 Å². The molecule has 1 unspecified atom stereocenters. The van der Waals surface area contributed by atoms with Gasteiger partial charge in [-0.05, 0) is 70.4 Å². The lowest BCUT2D eigenvalue weighted by Gasteiger charge is -2.27. The molecule has 0 heterocycles. The molecular formula is C29H55N7O5S. The van der Waals surface area contributed by atoms with Crippen LogP contribution in [0.2, 0.25) is 0 Å². The fourth-order valence-electron chi connectivity index (χ4n) is 4.76. The van der Waals surface area contributed by atoms with Gasteiger partial charge in [-0.25, -0.2) is 0 Å². The van der Waals surface area contributed by atoms with Crippen LogP contribution in [0.25, 0.3) is 0 Å². The second kappa shape index (κ2) is 22.2. The van der Waals surface area contributed by atoms with Crippen molar-refractivity contribution >= 4 is 41.3 Å². The van der Waals surface area contributed by atoms with E-state index < -0.39 is 41.9 Å². The summed E-state index contributed by atoms with van der Waals surface area (Å²) in [7, 11) is 0. The molecule has 0 saturated heterocycles. The predicted octanol–water partition coefficient (Wildman–Crippen LogP) is 0.816. The molecule has 13 heteroatoms. The summed E-state index contributed by atoms with van der Waals surface area (Å²) < 4.78 is 0. The number of amides is 5. The zero-order valence-electron chi connectivity index (χ0n) is 25.8. The average molecular weight is 614 g/mol. The number of nitrogens with two attached hydrogens (primary N) is 2. The third kappa shape index (κ3) is 15.7. The molecule has 12 nitrogen and oxygen atoms in total. The van der Waals surface area contributed by atoms with Crippen molar-refractivity contribution < 1.29 is 24.0 Å². The van der Waals surface area contributed by atoms with Crippen LogP contribution in [-0.2, 0) is 24.0 Å². The minimum absolute atomic E-state index is 0.0874. The summed E-state index contributed by atoms with van der Waals surface area (Å²) in [5, 5.41) is 13.9. The van der Waals surface area contributed by atoms with Crippen molar-refractivity contribution in [1.82, 2.24) is 26.6 Å². The first kappa shape index (κ1) is 37.6. The van der Waals surface area contributed by atoms with Gasteiger partial charge in [-0.15, -0.1) is 0 Å². The van der Waals surface area contributed by atoms with Crippen molar-refractivity contribution in [2.75, 3.05) is 24.6 Å². The Hall–Kier alpha value is -2.38. The van der Waals surface area contributed by atoms with Crippen LogP contribution in [0.3, 0.4) is 0 Å². The summed E-state index contributed by atoms with van der Waals surface area (Å²) in [6.07, 6.45) is 9.78. The lowest BCUT2D eigenvalue weighted by Crippen LogP contribution is -2.58. The first-order chi connectivity index (χ1) is 20.1. The van der Waals surface area contributed by atoms with Crippen molar-refractivity contribution in [2.24, 2.45) is 11.5 Å². The van der Waals surface area contributed by atoms with Crippen LogP contribution < -0.4 is 38.1 Å².